The number of rotatable bonds is 0. The molecule has 3 aliphatic heterocycles. The molecule has 1 unspecified atom stereocenters. The molecule has 3 aliphatic rings. The fourth-order valence-electron chi connectivity index (χ4n) is 7.13. The van der Waals surface area contributed by atoms with Gasteiger partial charge in [0, 0.05) is 30.1 Å². The molecule has 7 aromatic rings. The maximum atomic E-state index is 6.60. The maximum absolute atomic E-state index is 6.60. The van der Waals surface area contributed by atoms with Crippen molar-refractivity contribution >= 4 is 38.5 Å². The van der Waals surface area contributed by atoms with E-state index in [1.165, 1.54) is 38.5 Å². The highest BCUT2D eigenvalue weighted by molar-refractivity contribution is 6.15. The van der Waals surface area contributed by atoms with Crippen LogP contribution in [0.3, 0.4) is 0 Å². The van der Waals surface area contributed by atoms with Gasteiger partial charge in [-0.3, -0.25) is 0 Å². The Hall–Kier alpha value is -4.65. The zero-order chi connectivity index (χ0) is 22.8. The number of ether oxygens (including phenoxy) is 1. The summed E-state index contributed by atoms with van der Waals surface area (Å²) in [4.78, 5) is 0. The number of fused-ring (bicyclic) bond motifs is 8. The lowest BCUT2D eigenvalue weighted by Gasteiger charge is -2.26. The molecule has 2 aromatic carbocycles. The summed E-state index contributed by atoms with van der Waals surface area (Å²) in [6, 6.07) is 23.8. The molecule has 7 heteroatoms. The van der Waals surface area contributed by atoms with E-state index in [1.54, 1.807) is 0 Å². The molecule has 0 radical (unpaired) electrons. The first-order valence-corrected chi connectivity index (χ1v) is 11.9. The standard InChI is InChI=1S/C28H18N6O/c1-15-14-21-20-8-5-9-23-32(20)28(34(21)29-15)25-22(35-23)11-10-16-17-12-13-30(2)26(17)31-18-6-3-4-7-19(18)33(28)27(31)24(16)25/h3-14H,1-2H3/q+2. The van der Waals surface area contributed by atoms with E-state index in [0.717, 1.165) is 34.3 Å². The average Bonchev–Trinajstić information content (AvgIpc) is 3.64. The maximum Gasteiger partial charge on any atom is 0.449 e. The molecule has 5 aromatic heterocycles. The Bertz CT molecular complexity index is 2180. The van der Waals surface area contributed by atoms with Crippen LogP contribution in [0.5, 0.6) is 11.6 Å². The van der Waals surface area contributed by atoms with Crippen molar-refractivity contribution in [3.8, 4) is 23.0 Å². The second kappa shape index (κ2) is 4.90. The summed E-state index contributed by atoms with van der Waals surface area (Å²) < 4.78 is 18.3. The minimum atomic E-state index is -0.712. The Kier molecular flexibility index (Phi) is 2.37. The molecular weight excluding hydrogens is 436 g/mol. The SMILES string of the molecule is Cc1cc2n(n1)C13c4c(ccc5c6ccn(C)c6n6c7ccccc7[n+]1c6c45)Oc1cccc-2[n+]13. The highest BCUT2D eigenvalue weighted by Crippen LogP contribution is 2.52. The molecule has 0 aliphatic carbocycles. The summed E-state index contributed by atoms with van der Waals surface area (Å²) in [7, 11) is 2.13. The zero-order valence-electron chi connectivity index (χ0n) is 19.0. The van der Waals surface area contributed by atoms with Crippen LogP contribution in [0.2, 0.25) is 0 Å². The second-order valence-electron chi connectivity index (χ2n) is 9.91. The van der Waals surface area contributed by atoms with Crippen molar-refractivity contribution in [3.05, 3.63) is 84.2 Å². The van der Waals surface area contributed by atoms with Crippen LogP contribution in [0, 0.1) is 6.92 Å². The lowest BCUT2D eigenvalue weighted by molar-refractivity contribution is -0.960. The second-order valence-corrected chi connectivity index (χ2v) is 9.91. The molecule has 0 saturated heterocycles. The van der Waals surface area contributed by atoms with Crippen molar-refractivity contribution < 1.29 is 13.9 Å². The van der Waals surface area contributed by atoms with Crippen LogP contribution < -0.4 is 13.9 Å². The third-order valence-electron chi connectivity index (χ3n) is 8.24. The van der Waals surface area contributed by atoms with Crippen molar-refractivity contribution in [1.82, 2.24) is 18.7 Å². The van der Waals surface area contributed by atoms with Gasteiger partial charge in [0.2, 0.25) is 11.3 Å². The average molecular weight is 454 g/mol. The van der Waals surface area contributed by atoms with Gasteiger partial charge in [0.05, 0.1) is 17.1 Å². The number of hydrogen-bond acceptors (Lipinski definition) is 2. The molecule has 7 nitrogen and oxygen atoms in total. The minimum Gasteiger partial charge on any atom is -0.404 e. The van der Waals surface area contributed by atoms with Gasteiger partial charge in [0.1, 0.15) is 5.69 Å². The molecule has 0 saturated carbocycles. The molecule has 0 bridgehead atoms. The smallest absolute Gasteiger partial charge is 0.404 e. The van der Waals surface area contributed by atoms with Crippen molar-refractivity contribution in [2.75, 3.05) is 0 Å². The van der Waals surface area contributed by atoms with Crippen LogP contribution >= 0.6 is 0 Å². The van der Waals surface area contributed by atoms with Gasteiger partial charge in [0.25, 0.3) is 0 Å². The molecule has 0 N–H and O–H groups in total. The number of benzene rings is 2. The summed E-state index contributed by atoms with van der Waals surface area (Å²) in [5.41, 5.74) is 9.09. The predicted octanol–water partition coefficient (Wildman–Crippen LogP) is 3.97. The van der Waals surface area contributed by atoms with Gasteiger partial charge in [-0.1, -0.05) is 16.7 Å². The molecule has 8 heterocycles. The number of aryl methyl sites for hydroxylation is 2. The Morgan fingerprint density at radius 2 is 1.86 bits per heavy atom. The van der Waals surface area contributed by atoms with Gasteiger partial charge in [-0.25, -0.2) is 0 Å². The number of imidazole rings is 1. The van der Waals surface area contributed by atoms with Gasteiger partial charge in [-0.15, -0.1) is 9.25 Å². The highest BCUT2D eigenvalue weighted by Gasteiger charge is 2.70. The van der Waals surface area contributed by atoms with E-state index in [4.69, 9.17) is 9.84 Å². The van der Waals surface area contributed by atoms with Crippen molar-refractivity contribution in [3.63, 3.8) is 0 Å². The first kappa shape index (κ1) is 16.9. The third-order valence-corrected chi connectivity index (χ3v) is 8.24. The van der Waals surface area contributed by atoms with Crippen molar-refractivity contribution in [2.45, 2.75) is 12.7 Å². The van der Waals surface area contributed by atoms with Crippen molar-refractivity contribution in [2.24, 2.45) is 7.05 Å². The molecule has 164 valence electrons. The fourth-order valence-corrected chi connectivity index (χ4v) is 7.13. The van der Waals surface area contributed by atoms with Crippen LogP contribution in [-0.2, 0) is 12.8 Å². The van der Waals surface area contributed by atoms with Crippen molar-refractivity contribution in [1.29, 1.82) is 0 Å². The van der Waals surface area contributed by atoms with Crippen LogP contribution in [0.15, 0.2) is 72.9 Å². The Morgan fingerprint density at radius 3 is 2.80 bits per heavy atom. The van der Waals surface area contributed by atoms with Gasteiger partial charge in [-0.2, -0.15) is 9.50 Å². The summed E-state index contributed by atoms with van der Waals surface area (Å²) in [5.74, 6) is 1.00. The number of para-hydroxylation sites is 2. The van der Waals surface area contributed by atoms with E-state index in [2.05, 4.69) is 110 Å². The van der Waals surface area contributed by atoms with E-state index in [9.17, 15) is 0 Å². The fraction of sp³-hybridized carbons (Fsp3) is 0.107. The summed E-state index contributed by atoms with van der Waals surface area (Å²) in [5, 5.41) is 8.84. The lowest BCUT2D eigenvalue weighted by Crippen LogP contribution is -2.75. The number of nitrogens with zero attached hydrogens (tertiary/aromatic N) is 6. The number of aromatic nitrogens is 6. The molecule has 10 rings (SSSR count). The van der Waals surface area contributed by atoms with Gasteiger partial charge in [-0.05, 0) is 49.4 Å². The summed E-state index contributed by atoms with van der Waals surface area (Å²) in [6.07, 6.45) is 2.16. The summed E-state index contributed by atoms with van der Waals surface area (Å²) in [6.45, 7) is 2.07. The number of pyridine rings is 2. The Balaban J connectivity index is 1.62. The largest absolute Gasteiger partial charge is 0.449 e. The van der Waals surface area contributed by atoms with Gasteiger partial charge >= 0.3 is 17.3 Å². The quantitative estimate of drug-likeness (QED) is 0.326. The minimum absolute atomic E-state index is 0.712. The number of hydrogen-bond donors (Lipinski definition) is 0. The molecular formula is C28H18N6O+2. The molecule has 0 fully saturated rings. The van der Waals surface area contributed by atoms with Crippen LogP contribution in [0.1, 0.15) is 11.3 Å². The zero-order valence-corrected chi connectivity index (χ0v) is 19.0. The van der Waals surface area contributed by atoms with Crippen LogP contribution in [-0.4, -0.2) is 18.7 Å². The normalized spacial score (nSPS) is 18.3. The molecule has 1 spiro atoms. The third kappa shape index (κ3) is 1.47. The van der Waals surface area contributed by atoms with E-state index in [1.807, 2.05) is 0 Å². The molecule has 0 amide bonds. The van der Waals surface area contributed by atoms with Crippen LogP contribution in [0.4, 0.5) is 0 Å². The highest BCUT2D eigenvalue weighted by atomic mass is 16.5. The topological polar surface area (TPSA) is 44.1 Å². The van der Waals surface area contributed by atoms with Crippen LogP contribution in [0.25, 0.3) is 49.9 Å². The first-order chi connectivity index (χ1) is 17.2. The predicted molar refractivity (Wildman–Crippen MR) is 130 cm³/mol. The lowest BCUT2D eigenvalue weighted by atomic mass is 9.98. The van der Waals surface area contributed by atoms with Gasteiger partial charge < -0.3 is 9.30 Å². The van der Waals surface area contributed by atoms with E-state index < -0.39 is 5.79 Å². The van der Waals surface area contributed by atoms with E-state index >= 15 is 0 Å². The monoisotopic (exact) mass is 454 g/mol. The summed E-state index contributed by atoms with van der Waals surface area (Å²) >= 11 is 0. The first-order valence-electron chi connectivity index (χ1n) is 11.9. The molecule has 1 atom stereocenters. The van der Waals surface area contributed by atoms with E-state index in [-0.39, 0.29) is 0 Å². The van der Waals surface area contributed by atoms with Gasteiger partial charge in [0.15, 0.2) is 22.3 Å². The molecule has 35 heavy (non-hydrogen) atoms. The Morgan fingerprint density at radius 1 is 0.943 bits per heavy atom. The Labute approximate surface area is 198 Å². The van der Waals surface area contributed by atoms with E-state index in [0.29, 0.717) is 0 Å².